The molecule has 0 fully saturated rings. The van der Waals surface area contributed by atoms with Crippen LogP contribution >= 0.6 is 0 Å². The molecule has 6 heteroatoms. The Balaban J connectivity index is 1.40. The van der Waals surface area contributed by atoms with Crippen molar-refractivity contribution in [2.45, 2.75) is 19.9 Å². The van der Waals surface area contributed by atoms with E-state index < -0.39 is 0 Å². The lowest BCUT2D eigenvalue weighted by Crippen LogP contribution is -2.26. The van der Waals surface area contributed by atoms with E-state index >= 15 is 0 Å². The average molecular weight is 430 g/mol. The van der Waals surface area contributed by atoms with Crippen LogP contribution in [0.4, 0.5) is 0 Å². The molecule has 0 radical (unpaired) electrons. The molecule has 0 saturated heterocycles. The number of para-hydroxylation sites is 2. The molecular formula is C26H27N3O3. The number of carbonyl (C=O) groups excluding carboxylic acids is 1. The first-order valence-corrected chi connectivity index (χ1v) is 10.7. The van der Waals surface area contributed by atoms with Crippen molar-refractivity contribution in [1.82, 2.24) is 14.9 Å². The van der Waals surface area contributed by atoms with Crippen molar-refractivity contribution in [2.75, 3.05) is 20.3 Å². The number of ether oxygens (including phenoxy) is 2. The maximum atomic E-state index is 12.4. The van der Waals surface area contributed by atoms with Gasteiger partial charge < -0.3 is 19.4 Å². The van der Waals surface area contributed by atoms with E-state index in [-0.39, 0.29) is 5.91 Å². The Hall–Kier alpha value is -3.80. The molecule has 1 heterocycles. The summed E-state index contributed by atoms with van der Waals surface area (Å²) in [6.45, 7) is 3.76. The summed E-state index contributed by atoms with van der Waals surface area (Å²) in [4.78, 5) is 17.2. The summed E-state index contributed by atoms with van der Waals surface area (Å²) in [7, 11) is 1.60. The van der Waals surface area contributed by atoms with E-state index in [1.165, 1.54) is 5.56 Å². The molecule has 0 aliphatic heterocycles. The molecule has 1 N–H and O–H groups in total. The Kier molecular flexibility index (Phi) is 6.70. The summed E-state index contributed by atoms with van der Waals surface area (Å²) in [5.74, 6) is 2.40. The van der Waals surface area contributed by atoms with Gasteiger partial charge >= 0.3 is 0 Å². The molecule has 3 aromatic carbocycles. The molecule has 0 bridgehead atoms. The zero-order valence-corrected chi connectivity index (χ0v) is 18.4. The third kappa shape index (κ3) is 5.09. The number of fused-ring (bicyclic) bond motifs is 1. The van der Waals surface area contributed by atoms with Crippen LogP contribution in [-0.4, -0.2) is 35.7 Å². The predicted molar refractivity (Wildman–Crippen MR) is 125 cm³/mol. The Morgan fingerprint density at radius 2 is 1.81 bits per heavy atom. The van der Waals surface area contributed by atoms with Crippen LogP contribution in [0.1, 0.15) is 21.7 Å². The van der Waals surface area contributed by atoms with E-state index in [0.717, 1.165) is 28.4 Å². The molecule has 0 unspecified atom stereocenters. The summed E-state index contributed by atoms with van der Waals surface area (Å²) in [5, 5.41) is 2.98. The highest BCUT2D eigenvalue weighted by molar-refractivity contribution is 5.94. The van der Waals surface area contributed by atoms with Gasteiger partial charge in [-0.2, -0.15) is 0 Å². The molecule has 0 aliphatic carbocycles. The molecule has 1 aromatic heterocycles. The number of amides is 1. The number of benzene rings is 3. The predicted octanol–water partition coefficient (Wildman–Crippen LogP) is 4.40. The van der Waals surface area contributed by atoms with Gasteiger partial charge in [0.1, 0.15) is 23.9 Å². The highest BCUT2D eigenvalue weighted by Crippen LogP contribution is 2.18. The molecule has 1 amide bonds. The molecule has 0 aliphatic rings. The number of methoxy groups -OCH3 is 1. The van der Waals surface area contributed by atoms with Crippen molar-refractivity contribution >= 4 is 16.9 Å². The van der Waals surface area contributed by atoms with Gasteiger partial charge in [0.25, 0.3) is 5.91 Å². The number of hydrogen-bond donors (Lipinski definition) is 1. The lowest BCUT2D eigenvalue weighted by molar-refractivity contribution is 0.0954. The first kappa shape index (κ1) is 21.4. The maximum absolute atomic E-state index is 12.4. The van der Waals surface area contributed by atoms with Crippen LogP contribution < -0.4 is 14.8 Å². The minimum Gasteiger partial charge on any atom is -0.497 e. The molecule has 4 aromatic rings. The number of imidazole rings is 1. The van der Waals surface area contributed by atoms with E-state index in [0.29, 0.717) is 31.7 Å². The zero-order valence-electron chi connectivity index (χ0n) is 18.4. The Labute approximate surface area is 187 Å². The van der Waals surface area contributed by atoms with Crippen LogP contribution in [0.25, 0.3) is 11.0 Å². The Bertz CT molecular complexity index is 1200. The quantitative estimate of drug-likeness (QED) is 0.428. The van der Waals surface area contributed by atoms with Crippen molar-refractivity contribution in [2.24, 2.45) is 0 Å². The molecule has 0 saturated carbocycles. The van der Waals surface area contributed by atoms with Gasteiger partial charge in [-0.1, -0.05) is 24.3 Å². The number of aromatic nitrogens is 2. The van der Waals surface area contributed by atoms with Gasteiger partial charge in [-0.25, -0.2) is 4.98 Å². The normalized spacial score (nSPS) is 10.8. The van der Waals surface area contributed by atoms with E-state index in [9.17, 15) is 4.79 Å². The van der Waals surface area contributed by atoms with Crippen molar-refractivity contribution in [3.63, 3.8) is 0 Å². The summed E-state index contributed by atoms with van der Waals surface area (Å²) in [5.41, 5.74) is 3.78. The van der Waals surface area contributed by atoms with Gasteiger partial charge in [0.15, 0.2) is 0 Å². The van der Waals surface area contributed by atoms with E-state index in [1.807, 2.05) is 36.4 Å². The second-order valence-electron chi connectivity index (χ2n) is 7.57. The van der Waals surface area contributed by atoms with Crippen LogP contribution in [0.2, 0.25) is 0 Å². The fourth-order valence-corrected chi connectivity index (χ4v) is 3.66. The molecule has 0 atom stereocenters. The summed E-state index contributed by atoms with van der Waals surface area (Å²) in [6, 6.07) is 23.2. The van der Waals surface area contributed by atoms with Crippen molar-refractivity contribution in [3.05, 3.63) is 89.7 Å². The van der Waals surface area contributed by atoms with Crippen LogP contribution in [0.3, 0.4) is 0 Å². The molecule has 6 nitrogen and oxygen atoms in total. The summed E-state index contributed by atoms with van der Waals surface area (Å²) in [6.07, 6.45) is 0.626. The maximum Gasteiger partial charge on any atom is 0.251 e. The van der Waals surface area contributed by atoms with Gasteiger partial charge in [-0.15, -0.1) is 0 Å². The minimum atomic E-state index is -0.113. The average Bonchev–Trinajstić information content (AvgIpc) is 3.16. The SMILES string of the molecule is COc1ccc(C(=O)NCCc2nc3ccccc3n2CCOc2cccc(C)c2)cc1. The topological polar surface area (TPSA) is 65.4 Å². The molecular weight excluding hydrogens is 402 g/mol. The number of carbonyl (C=O) groups is 1. The van der Waals surface area contributed by atoms with Crippen molar-refractivity contribution in [3.8, 4) is 11.5 Å². The fraction of sp³-hybridized carbons (Fsp3) is 0.231. The third-order valence-corrected chi connectivity index (χ3v) is 5.29. The third-order valence-electron chi connectivity index (χ3n) is 5.29. The standard InChI is InChI=1S/C26H27N3O3/c1-19-6-5-7-22(18-19)32-17-16-29-24-9-4-3-8-23(24)28-25(29)14-15-27-26(30)20-10-12-21(31-2)13-11-20/h3-13,18H,14-17H2,1-2H3,(H,27,30). The van der Waals surface area contributed by atoms with E-state index in [4.69, 9.17) is 14.5 Å². The van der Waals surface area contributed by atoms with Crippen molar-refractivity contribution in [1.29, 1.82) is 0 Å². The van der Waals surface area contributed by atoms with Gasteiger partial charge in [0.2, 0.25) is 0 Å². The molecule has 32 heavy (non-hydrogen) atoms. The number of aryl methyl sites for hydroxylation is 1. The monoisotopic (exact) mass is 429 g/mol. The van der Waals surface area contributed by atoms with Gasteiger partial charge in [0.05, 0.1) is 24.7 Å². The minimum absolute atomic E-state index is 0.113. The molecule has 4 rings (SSSR count). The highest BCUT2D eigenvalue weighted by atomic mass is 16.5. The number of hydrogen-bond acceptors (Lipinski definition) is 4. The van der Waals surface area contributed by atoms with Crippen LogP contribution in [-0.2, 0) is 13.0 Å². The van der Waals surface area contributed by atoms with Gasteiger partial charge in [-0.05, 0) is 61.0 Å². The first-order valence-electron chi connectivity index (χ1n) is 10.7. The lowest BCUT2D eigenvalue weighted by atomic mass is 10.2. The largest absolute Gasteiger partial charge is 0.497 e. The van der Waals surface area contributed by atoms with E-state index in [2.05, 4.69) is 28.9 Å². The number of nitrogens with zero attached hydrogens (tertiary/aromatic N) is 2. The summed E-state index contributed by atoms with van der Waals surface area (Å²) >= 11 is 0. The Morgan fingerprint density at radius 3 is 2.59 bits per heavy atom. The molecule has 164 valence electrons. The van der Waals surface area contributed by atoms with Crippen LogP contribution in [0, 0.1) is 6.92 Å². The van der Waals surface area contributed by atoms with Crippen molar-refractivity contribution < 1.29 is 14.3 Å². The zero-order chi connectivity index (χ0) is 22.3. The van der Waals surface area contributed by atoms with E-state index in [1.54, 1.807) is 31.4 Å². The second-order valence-corrected chi connectivity index (χ2v) is 7.57. The highest BCUT2D eigenvalue weighted by Gasteiger charge is 2.12. The fourth-order valence-electron chi connectivity index (χ4n) is 3.66. The lowest BCUT2D eigenvalue weighted by Gasteiger charge is -2.12. The second kappa shape index (κ2) is 10.0. The number of rotatable bonds is 9. The van der Waals surface area contributed by atoms with Gasteiger partial charge in [0, 0.05) is 18.5 Å². The van der Waals surface area contributed by atoms with Gasteiger partial charge in [-0.3, -0.25) is 4.79 Å². The van der Waals surface area contributed by atoms with Crippen LogP contribution in [0.15, 0.2) is 72.8 Å². The van der Waals surface area contributed by atoms with Crippen LogP contribution in [0.5, 0.6) is 11.5 Å². The Morgan fingerprint density at radius 1 is 1.00 bits per heavy atom. The summed E-state index contributed by atoms with van der Waals surface area (Å²) < 4.78 is 13.3. The first-order chi connectivity index (χ1) is 15.6. The number of nitrogens with one attached hydrogen (secondary N) is 1. The molecule has 0 spiro atoms. The smallest absolute Gasteiger partial charge is 0.251 e.